The zero-order valence-electron chi connectivity index (χ0n) is 17.5. The Hall–Kier alpha value is -2.96. The van der Waals surface area contributed by atoms with Crippen LogP contribution in [0, 0.1) is 17.6 Å². The molecule has 1 aliphatic heterocycles. The first-order chi connectivity index (χ1) is 15.6. The van der Waals surface area contributed by atoms with Gasteiger partial charge in [0.15, 0.2) is 5.13 Å². The van der Waals surface area contributed by atoms with Crippen molar-refractivity contribution in [1.82, 2.24) is 9.29 Å². The molecule has 0 saturated carbocycles. The van der Waals surface area contributed by atoms with Gasteiger partial charge in [0.05, 0.1) is 10.2 Å². The molecule has 33 heavy (non-hydrogen) atoms. The lowest BCUT2D eigenvalue weighted by atomic mass is 9.97. The molecule has 1 aliphatic rings. The standard InChI is InChI=1S/C21H20F2N4O4S2/c1-12(28)24-15-3-4-17-18(11-15)32-21(25-17)26-20(29)13-6-8-27(9-7-13)33(30,31)19-5-2-14(22)10-16(19)23/h2-5,10-11,13H,6-9H2,1H3,(H,24,28)(H,25,26,29). The van der Waals surface area contributed by atoms with E-state index in [0.29, 0.717) is 22.4 Å². The Morgan fingerprint density at radius 3 is 2.48 bits per heavy atom. The molecule has 2 heterocycles. The van der Waals surface area contributed by atoms with Crippen molar-refractivity contribution in [2.24, 2.45) is 5.92 Å². The summed E-state index contributed by atoms with van der Waals surface area (Å²) in [5.74, 6) is -2.91. The molecule has 174 valence electrons. The van der Waals surface area contributed by atoms with Crippen LogP contribution in [-0.4, -0.2) is 42.6 Å². The molecule has 0 atom stereocenters. The van der Waals surface area contributed by atoms with Gasteiger partial charge in [-0.25, -0.2) is 22.2 Å². The van der Waals surface area contributed by atoms with Gasteiger partial charge in [0, 0.05) is 37.7 Å². The molecule has 0 aliphatic carbocycles. The van der Waals surface area contributed by atoms with Crippen molar-refractivity contribution in [3.8, 4) is 0 Å². The van der Waals surface area contributed by atoms with E-state index in [2.05, 4.69) is 15.6 Å². The van der Waals surface area contributed by atoms with Gasteiger partial charge in [0.25, 0.3) is 0 Å². The summed E-state index contributed by atoms with van der Waals surface area (Å²) < 4.78 is 54.4. The highest BCUT2D eigenvalue weighted by molar-refractivity contribution is 7.89. The largest absolute Gasteiger partial charge is 0.326 e. The first-order valence-electron chi connectivity index (χ1n) is 10.1. The molecule has 8 nitrogen and oxygen atoms in total. The van der Waals surface area contributed by atoms with Crippen molar-refractivity contribution in [3.05, 3.63) is 48.0 Å². The highest BCUT2D eigenvalue weighted by Gasteiger charge is 2.34. The third kappa shape index (κ3) is 5.02. The van der Waals surface area contributed by atoms with Gasteiger partial charge in [-0.2, -0.15) is 4.31 Å². The van der Waals surface area contributed by atoms with Crippen LogP contribution in [0.25, 0.3) is 10.2 Å². The SMILES string of the molecule is CC(=O)Nc1ccc2nc(NC(=O)C3CCN(S(=O)(=O)c4ccc(F)cc4F)CC3)sc2c1. The van der Waals surface area contributed by atoms with Crippen LogP contribution in [0.4, 0.5) is 19.6 Å². The number of piperidine rings is 1. The summed E-state index contributed by atoms with van der Waals surface area (Å²) in [4.78, 5) is 27.7. The van der Waals surface area contributed by atoms with E-state index >= 15 is 0 Å². The summed E-state index contributed by atoms with van der Waals surface area (Å²) >= 11 is 1.26. The molecule has 12 heteroatoms. The average molecular weight is 495 g/mol. The first-order valence-corrected chi connectivity index (χ1v) is 12.3. The molecule has 0 spiro atoms. The third-order valence-corrected chi connectivity index (χ3v) is 8.14. The van der Waals surface area contributed by atoms with Crippen LogP contribution in [0.2, 0.25) is 0 Å². The molecule has 1 fully saturated rings. The fraction of sp³-hybridized carbons (Fsp3) is 0.286. The van der Waals surface area contributed by atoms with Crippen LogP contribution in [-0.2, 0) is 19.6 Å². The van der Waals surface area contributed by atoms with Crippen molar-refractivity contribution in [1.29, 1.82) is 0 Å². The van der Waals surface area contributed by atoms with Crippen LogP contribution < -0.4 is 10.6 Å². The van der Waals surface area contributed by atoms with Gasteiger partial charge in [-0.05, 0) is 43.2 Å². The van der Waals surface area contributed by atoms with Crippen LogP contribution >= 0.6 is 11.3 Å². The summed E-state index contributed by atoms with van der Waals surface area (Å²) in [5, 5.41) is 5.86. The minimum atomic E-state index is -4.13. The van der Waals surface area contributed by atoms with Gasteiger partial charge in [0.1, 0.15) is 16.5 Å². The smallest absolute Gasteiger partial charge is 0.245 e. The number of fused-ring (bicyclic) bond motifs is 1. The molecule has 0 bridgehead atoms. The Bertz CT molecular complexity index is 1340. The second-order valence-electron chi connectivity index (χ2n) is 7.63. The van der Waals surface area contributed by atoms with Gasteiger partial charge < -0.3 is 10.6 Å². The van der Waals surface area contributed by atoms with Gasteiger partial charge in [-0.15, -0.1) is 0 Å². The van der Waals surface area contributed by atoms with Crippen LogP contribution in [0.15, 0.2) is 41.3 Å². The number of nitrogens with zero attached hydrogens (tertiary/aromatic N) is 2. The van der Waals surface area contributed by atoms with Gasteiger partial charge in [0.2, 0.25) is 21.8 Å². The average Bonchev–Trinajstić information content (AvgIpc) is 3.14. The Labute approximate surface area is 192 Å². The number of carbonyl (C=O) groups excluding carboxylic acids is 2. The highest BCUT2D eigenvalue weighted by Crippen LogP contribution is 2.30. The Balaban J connectivity index is 1.40. The minimum Gasteiger partial charge on any atom is -0.326 e. The van der Waals surface area contributed by atoms with Crippen molar-refractivity contribution in [2.45, 2.75) is 24.7 Å². The lowest BCUT2D eigenvalue weighted by Gasteiger charge is -2.30. The van der Waals surface area contributed by atoms with Crippen LogP contribution in [0.3, 0.4) is 0 Å². The van der Waals surface area contributed by atoms with E-state index in [-0.39, 0.29) is 37.7 Å². The second-order valence-corrected chi connectivity index (χ2v) is 10.6. The fourth-order valence-electron chi connectivity index (χ4n) is 3.65. The van der Waals surface area contributed by atoms with Gasteiger partial charge in [-0.1, -0.05) is 11.3 Å². The molecule has 0 radical (unpaired) electrons. The molecule has 1 saturated heterocycles. The number of amides is 2. The normalized spacial score (nSPS) is 15.5. The number of halogens is 2. The van der Waals surface area contributed by atoms with Gasteiger partial charge >= 0.3 is 0 Å². The molecule has 0 unspecified atom stereocenters. The van der Waals surface area contributed by atoms with E-state index in [1.807, 2.05) is 0 Å². The lowest BCUT2D eigenvalue weighted by molar-refractivity contribution is -0.121. The number of carbonyl (C=O) groups is 2. The number of benzene rings is 2. The van der Waals surface area contributed by atoms with E-state index < -0.39 is 32.5 Å². The number of hydrogen-bond donors (Lipinski definition) is 2. The molecule has 2 N–H and O–H groups in total. The van der Waals surface area contributed by atoms with Crippen molar-refractivity contribution in [2.75, 3.05) is 23.7 Å². The Morgan fingerprint density at radius 2 is 1.82 bits per heavy atom. The van der Waals surface area contributed by atoms with E-state index in [0.717, 1.165) is 21.1 Å². The molecule has 1 aromatic heterocycles. The maximum absolute atomic E-state index is 14.0. The zero-order chi connectivity index (χ0) is 23.8. The minimum absolute atomic E-state index is 0.0388. The monoisotopic (exact) mass is 494 g/mol. The number of hydrogen-bond acceptors (Lipinski definition) is 6. The molecule has 2 amide bonds. The Morgan fingerprint density at radius 1 is 1.09 bits per heavy atom. The number of aromatic nitrogens is 1. The second kappa shape index (κ2) is 9.12. The molecule has 2 aromatic carbocycles. The Kier molecular flexibility index (Phi) is 6.41. The van der Waals surface area contributed by atoms with E-state index in [9.17, 15) is 26.8 Å². The predicted octanol–water partition coefficient (Wildman–Crippen LogP) is 3.57. The number of nitrogens with one attached hydrogen (secondary N) is 2. The van der Waals surface area contributed by atoms with Crippen molar-refractivity contribution in [3.63, 3.8) is 0 Å². The van der Waals surface area contributed by atoms with E-state index in [4.69, 9.17) is 0 Å². The van der Waals surface area contributed by atoms with Gasteiger partial charge in [-0.3, -0.25) is 9.59 Å². The predicted molar refractivity (Wildman–Crippen MR) is 120 cm³/mol. The first kappa shape index (κ1) is 23.2. The summed E-state index contributed by atoms with van der Waals surface area (Å²) in [6.45, 7) is 1.49. The molecular formula is C21H20F2N4O4S2. The van der Waals surface area contributed by atoms with E-state index in [1.54, 1.807) is 18.2 Å². The summed E-state index contributed by atoms with van der Waals surface area (Å²) in [7, 11) is -4.13. The van der Waals surface area contributed by atoms with Crippen LogP contribution in [0.5, 0.6) is 0 Å². The van der Waals surface area contributed by atoms with E-state index in [1.165, 1.54) is 18.3 Å². The number of thiazole rings is 1. The highest BCUT2D eigenvalue weighted by atomic mass is 32.2. The quantitative estimate of drug-likeness (QED) is 0.564. The summed E-state index contributed by atoms with van der Waals surface area (Å²) in [6, 6.07) is 7.56. The molecule has 4 rings (SSSR count). The van der Waals surface area contributed by atoms with Crippen molar-refractivity contribution >= 4 is 54.2 Å². The lowest BCUT2D eigenvalue weighted by Crippen LogP contribution is -2.41. The zero-order valence-corrected chi connectivity index (χ0v) is 19.1. The molecule has 3 aromatic rings. The molecular weight excluding hydrogens is 474 g/mol. The third-order valence-electron chi connectivity index (χ3n) is 5.28. The maximum atomic E-state index is 14.0. The summed E-state index contributed by atoms with van der Waals surface area (Å²) in [5.41, 5.74) is 1.30. The topological polar surface area (TPSA) is 108 Å². The van der Waals surface area contributed by atoms with Crippen LogP contribution in [0.1, 0.15) is 19.8 Å². The maximum Gasteiger partial charge on any atom is 0.245 e. The number of rotatable bonds is 5. The fourth-order valence-corrected chi connectivity index (χ4v) is 6.07. The summed E-state index contributed by atoms with van der Waals surface area (Å²) in [6.07, 6.45) is 0.511. The van der Waals surface area contributed by atoms with Crippen molar-refractivity contribution < 1.29 is 26.8 Å². The number of sulfonamides is 1. The number of anilines is 2.